The normalized spacial score (nSPS) is 18.2. The van der Waals surface area contributed by atoms with Crippen LogP contribution in [-0.2, 0) is 14.3 Å². The fraction of sp³-hybridized carbons (Fsp3) is 0.350. The van der Waals surface area contributed by atoms with Gasteiger partial charge in [-0.25, -0.2) is 9.78 Å². The van der Waals surface area contributed by atoms with Crippen molar-refractivity contribution in [3.8, 4) is 11.5 Å². The summed E-state index contributed by atoms with van der Waals surface area (Å²) in [6.07, 6.45) is -1.84. The molecule has 1 aromatic carbocycles. The Bertz CT molecular complexity index is 895. The first-order valence-corrected chi connectivity index (χ1v) is 9.77. The van der Waals surface area contributed by atoms with Gasteiger partial charge in [0.1, 0.15) is 17.3 Å². The first kappa shape index (κ1) is 25.4. The predicted octanol–water partition coefficient (Wildman–Crippen LogP) is 4.00. The summed E-state index contributed by atoms with van der Waals surface area (Å²) in [7, 11) is 0. The molecule has 2 atom stereocenters. The number of benzene rings is 1. The van der Waals surface area contributed by atoms with Crippen molar-refractivity contribution in [1.82, 2.24) is 4.98 Å². The van der Waals surface area contributed by atoms with Crippen molar-refractivity contribution in [1.29, 1.82) is 0 Å². The number of halogens is 4. The molecule has 0 aliphatic carbocycles. The summed E-state index contributed by atoms with van der Waals surface area (Å²) in [4.78, 5) is 25.2. The number of carboxylic acids is 1. The van der Waals surface area contributed by atoms with Gasteiger partial charge in [0.2, 0.25) is 5.91 Å². The molecule has 8 nitrogen and oxygen atoms in total. The lowest BCUT2D eigenvalue weighted by Gasteiger charge is -2.26. The van der Waals surface area contributed by atoms with Crippen molar-refractivity contribution in [2.45, 2.75) is 37.6 Å². The number of hydrogen-bond donors (Lipinski definition) is 3. The molecule has 1 aliphatic rings. The summed E-state index contributed by atoms with van der Waals surface area (Å²) in [5.74, 6) is -1.20. The molecule has 1 saturated heterocycles. The molecule has 0 spiro atoms. The van der Waals surface area contributed by atoms with Crippen LogP contribution in [0.15, 0.2) is 42.6 Å². The second-order valence-corrected chi connectivity index (χ2v) is 7.20. The molecule has 3 rings (SSSR count). The van der Waals surface area contributed by atoms with Crippen molar-refractivity contribution in [3.05, 3.63) is 47.6 Å². The molecule has 2 heterocycles. The number of nitrogens with one attached hydrogen (secondary N) is 1. The zero-order valence-corrected chi connectivity index (χ0v) is 17.4. The maximum Gasteiger partial charge on any atom is 0.490 e. The number of anilines is 1. The Balaban J connectivity index is 0.000000451. The minimum Gasteiger partial charge on any atom is -0.475 e. The summed E-state index contributed by atoms with van der Waals surface area (Å²) >= 11 is 5.84. The minimum absolute atomic E-state index is 0.106. The first-order valence-electron chi connectivity index (χ1n) is 9.39. The van der Waals surface area contributed by atoms with E-state index in [0.29, 0.717) is 35.4 Å². The summed E-state index contributed by atoms with van der Waals surface area (Å²) in [6, 6.07) is 10.6. The number of carbonyl (C=O) groups excluding carboxylic acids is 1. The SMILES string of the molecule is NC1CCOC(CC(=O)Nc2ccc(Oc3ccc(Cl)cc3)cn2)C1.O=C(O)C(F)(F)F. The van der Waals surface area contributed by atoms with Crippen LogP contribution < -0.4 is 15.8 Å². The molecule has 1 aliphatic heterocycles. The molecule has 4 N–H and O–H groups in total. The Kier molecular flexibility index (Phi) is 9.24. The standard InChI is InChI=1S/C18H20ClN3O3.C2HF3O2/c19-12-1-3-14(4-2-12)25-15-5-6-17(21-11-15)22-18(23)10-16-9-13(20)7-8-24-16;3-2(4,5)1(6)7/h1-6,11,13,16H,7-10,20H2,(H,21,22,23);(H,6,7). The van der Waals surface area contributed by atoms with Crippen LogP contribution in [0.2, 0.25) is 5.02 Å². The largest absolute Gasteiger partial charge is 0.490 e. The maximum atomic E-state index is 12.1. The Morgan fingerprint density at radius 2 is 1.84 bits per heavy atom. The number of hydrogen-bond acceptors (Lipinski definition) is 6. The van der Waals surface area contributed by atoms with E-state index in [0.717, 1.165) is 6.42 Å². The lowest BCUT2D eigenvalue weighted by atomic mass is 10.0. The molecule has 1 amide bonds. The molecule has 2 unspecified atom stereocenters. The molecule has 1 fully saturated rings. The molecular weight excluding hydrogens is 455 g/mol. The lowest BCUT2D eigenvalue weighted by Crippen LogP contribution is -2.36. The van der Waals surface area contributed by atoms with Gasteiger partial charge in [-0.05, 0) is 49.2 Å². The van der Waals surface area contributed by atoms with Crippen LogP contribution in [0, 0.1) is 0 Å². The number of alkyl halides is 3. The van der Waals surface area contributed by atoms with Crippen LogP contribution >= 0.6 is 11.6 Å². The highest BCUT2D eigenvalue weighted by molar-refractivity contribution is 6.30. The summed E-state index contributed by atoms with van der Waals surface area (Å²) in [5.41, 5.74) is 5.90. The van der Waals surface area contributed by atoms with Crippen LogP contribution in [0.3, 0.4) is 0 Å². The zero-order valence-electron chi connectivity index (χ0n) is 16.6. The van der Waals surface area contributed by atoms with Crippen LogP contribution in [0.1, 0.15) is 19.3 Å². The van der Waals surface area contributed by atoms with Crippen molar-refractivity contribution in [3.63, 3.8) is 0 Å². The molecule has 174 valence electrons. The van der Waals surface area contributed by atoms with Crippen molar-refractivity contribution < 1.29 is 37.3 Å². The maximum absolute atomic E-state index is 12.1. The van der Waals surface area contributed by atoms with Gasteiger partial charge >= 0.3 is 12.1 Å². The molecule has 0 radical (unpaired) electrons. The number of amides is 1. The second-order valence-electron chi connectivity index (χ2n) is 6.77. The molecule has 2 aromatic rings. The highest BCUT2D eigenvalue weighted by Gasteiger charge is 2.38. The molecule has 1 aromatic heterocycles. The predicted molar refractivity (Wildman–Crippen MR) is 110 cm³/mol. The number of carboxylic acid groups (broad SMARTS) is 1. The number of nitrogens with two attached hydrogens (primary N) is 1. The van der Waals surface area contributed by atoms with Crippen LogP contribution in [-0.4, -0.2) is 46.9 Å². The van der Waals surface area contributed by atoms with E-state index in [1.807, 2.05) is 0 Å². The van der Waals surface area contributed by atoms with Crippen LogP contribution in [0.4, 0.5) is 19.0 Å². The third-order valence-electron chi connectivity index (χ3n) is 4.12. The number of carbonyl (C=O) groups is 2. The number of pyridine rings is 1. The van der Waals surface area contributed by atoms with Gasteiger partial charge in [0, 0.05) is 17.7 Å². The molecule has 0 saturated carbocycles. The van der Waals surface area contributed by atoms with E-state index in [9.17, 15) is 18.0 Å². The lowest BCUT2D eigenvalue weighted by molar-refractivity contribution is -0.192. The monoisotopic (exact) mass is 475 g/mol. The van der Waals surface area contributed by atoms with E-state index < -0.39 is 12.1 Å². The van der Waals surface area contributed by atoms with Gasteiger partial charge in [0.15, 0.2) is 0 Å². The van der Waals surface area contributed by atoms with E-state index in [1.54, 1.807) is 42.6 Å². The summed E-state index contributed by atoms with van der Waals surface area (Å²) in [6.45, 7) is 0.605. The Hall–Kier alpha value is -2.89. The molecule has 32 heavy (non-hydrogen) atoms. The van der Waals surface area contributed by atoms with Gasteiger partial charge in [-0.15, -0.1) is 0 Å². The van der Waals surface area contributed by atoms with Crippen LogP contribution in [0.5, 0.6) is 11.5 Å². The van der Waals surface area contributed by atoms with E-state index in [1.165, 1.54) is 0 Å². The third-order valence-corrected chi connectivity index (χ3v) is 4.37. The van der Waals surface area contributed by atoms with Gasteiger partial charge in [0.05, 0.1) is 18.7 Å². The van der Waals surface area contributed by atoms with Crippen molar-refractivity contribution in [2.24, 2.45) is 5.73 Å². The highest BCUT2D eigenvalue weighted by atomic mass is 35.5. The van der Waals surface area contributed by atoms with Gasteiger partial charge < -0.3 is 25.6 Å². The highest BCUT2D eigenvalue weighted by Crippen LogP contribution is 2.23. The number of ether oxygens (including phenoxy) is 2. The molecule has 12 heteroatoms. The topological polar surface area (TPSA) is 124 Å². The summed E-state index contributed by atoms with van der Waals surface area (Å²) < 4.78 is 43.0. The van der Waals surface area contributed by atoms with Gasteiger partial charge in [-0.3, -0.25) is 4.79 Å². The number of rotatable bonds is 5. The van der Waals surface area contributed by atoms with E-state index in [-0.39, 0.29) is 24.5 Å². The average molecular weight is 476 g/mol. The quantitative estimate of drug-likeness (QED) is 0.597. The Labute approximate surface area is 186 Å². The van der Waals surface area contributed by atoms with Gasteiger partial charge in [-0.2, -0.15) is 13.2 Å². The summed E-state index contributed by atoms with van der Waals surface area (Å²) in [5, 5.41) is 10.5. The smallest absolute Gasteiger partial charge is 0.475 e. The third kappa shape index (κ3) is 9.08. The number of aliphatic carboxylic acids is 1. The van der Waals surface area contributed by atoms with Gasteiger partial charge in [0.25, 0.3) is 0 Å². The van der Waals surface area contributed by atoms with E-state index in [4.69, 9.17) is 36.7 Å². The number of nitrogens with zero attached hydrogens (tertiary/aromatic N) is 1. The fourth-order valence-electron chi connectivity index (χ4n) is 2.61. The van der Waals surface area contributed by atoms with Crippen molar-refractivity contribution in [2.75, 3.05) is 11.9 Å². The number of aromatic nitrogens is 1. The first-order chi connectivity index (χ1) is 15.0. The fourth-order valence-corrected chi connectivity index (χ4v) is 2.73. The van der Waals surface area contributed by atoms with E-state index >= 15 is 0 Å². The Morgan fingerprint density at radius 3 is 2.38 bits per heavy atom. The average Bonchev–Trinajstić information content (AvgIpc) is 2.71. The minimum atomic E-state index is -5.08. The zero-order chi connectivity index (χ0) is 23.7. The molecule has 0 bridgehead atoms. The Morgan fingerprint density at radius 1 is 1.22 bits per heavy atom. The van der Waals surface area contributed by atoms with Crippen molar-refractivity contribution >= 4 is 29.3 Å². The van der Waals surface area contributed by atoms with Gasteiger partial charge in [-0.1, -0.05) is 11.6 Å². The second kappa shape index (κ2) is 11.7. The van der Waals surface area contributed by atoms with E-state index in [2.05, 4.69) is 10.3 Å². The molecular formula is C20H21ClF3N3O5. The van der Waals surface area contributed by atoms with Crippen LogP contribution in [0.25, 0.3) is 0 Å².